The first-order chi connectivity index (χ1) is 14.2. The third kappa shape index (κ3) is 6.22. The molecule has 0 spiro atoms. The van der Waals surface area contributed by atoms with E-state index in [4.69, 9.17) is 5.73 Å². The number of hydrogen-bond donors (Lipinski definition) is 1. The van der Waals surface area contributed by atoms with Crippen LogP contribution in [-0.2, 0) is 0 Å². The fourth-order valence-corrected chi connectivity index (χ4v) is 6.96. The monoisotopic (exact) mass is 409 g/mol. The Morgan fingerprint density at radius 1 is 1.17 bits per heavy atom. The molecule has 1 nitrogen and oxygen atoms in total. The first-order valence-electron chi connectivity index (χ1n) is 12.6. The molecular weight excluding hydrogens is 362 g/mol. The van der Waals surface area contributed by atoms with Gasteiger partial charge in [-0.1, -0.05) is 82.2 Å². The van der Waals surface area contributed by atoms with Crippen LogP contribution in [0, 0.1) is 40.9 Å². The predicted molar refractivity (Wildman–Crippen MR) is 132 cm³/mol. The molecule has 2 N–H and O–H groups in total. The van der Waals surface area contributed by atoms with Crippen LogP contribution in [0.5, 0.6) is 0 Å². The fourth-order valence-electron chi connectivity index (χ4n) is 6.96. The van der Waals surface area contributed by atoms with Crippen LogP contribution in [0.3, 0.4) is 0 Å². The molecule has 5 unspecified atom stereocenters. The molecule has 2 bridgehead atoms. The van der Waals surface area contributed by atoms with E-state index >= 15 is 0 Å². The lowest BCUT2D eigenvalue weighted by atomic mass is 9.66. The van der Waals surface area contributed by atoms with Gasteiger partial charge in [0.05, 0.1) is 0 Å². The maximum Gasteiger partial charge on any atom is 0.0109 e. The summed E-state index contributed by atoms with van der Waals surface area (Å²) in [6.45, 7) is 20.7. The van der Waals surface area contributed by atoms with Crippen LogP contribution in [0.1, 0.15) is 85.0 Å². The van der Waals surface area contributed by atoms with E-state index in [1.165, 1.54) is 62.5 Å². The highest BCUT2D eigenvalue weighted by Crippen LogP contribution is 2.57. The van der Waals surface area contributed by atoms with Crippen molar-refractivity contribution in [2.75, 3.05) is 6.54 Å². The molecule has 0 aromatic rings. The van der Waals surface area contributed by atoms with Crippen molar-refractivity contribution in [3.63, 3.8) is 0 Å². The van der Waals surface area contributed by atoms with Gasteiger partial charge in [0.1, 0.15) is 0 Å². The van der Waals surface area contributed by atoms with Gasteiger partial charge in [-0.25, -0.2) is 0 Å². The Morgan fingerprint density at radius 3 is 2.50 bits per heavy atom. The first kappa shape index (κ1) is 23.6. The third-order valence-corrected chi connectivity index (χ3v) is 8.20. The minimum Gasteiger partial charge on any atom is -0.327 e. The SMILES string of the molecule is C=CC(=C)CC1(C)CC2CC(C1)C(C(=C)C/C(=C\CN)C(CC(C)C)CC1CC1)C2. The molecule has 3 aliphatic carbocycles. The molecule has 0 radical (unpaired) electrons. The second-order valence-corrected chi connectivity index (χ2v) is 11.8. The largest absolute Gasteiger partial charge is 0.327 e. The molecule has 3 rings (SSSR count). The van der Waals surface area contributed by atoms with Crippen molar-refractivity contribution in [3.05, 3.63) is 48.6 Å². The van der Waals surface area contributed by atoms with E-state index in [2.05, 4.69) is 46.6 Å². The summed E-state index contributed by atoms with van der Waals surface area (Å²) in [6, 6.07) is 0. The van der Waals surface area contributed by atoms with Crippen LogP contribution in [0.15, 0.2) is 48.6 Å². The Labute approximate surface area is 187 Å². The zero-order chi connectivity index (χ0) is 21.9. The Bertz CT molecular complexity index is 660. The zero-order valence-electron chi connectivity index (χ0n) is 20.1. The number of fused-ring (bicyclic) bond motifs is 2. The topological polar surface area (TPSA) is 26.0 Å². The number of hydrogen-bond acceptors (Lipinski definition) is 1. The summed E-state index contributed by atoms with van der Waals surface area (Å²) in [7, 11) is 0. The highest BCUT2D eigenvalue weighted by molar-refractivity contribution is 5.22. The molecule has 0 aliphatic heterocycles. The Kier molecular flexibility index (Phi) is 7.88. The molecule has 3 fully saturated rings. The van der Waals surface area contributed by atoms with Crippen molar-refractivity contribution in [1.82, 2.24) is 0 Å². The second kappa shape index (κ2) is 10.0. The molecule has 0 aromatic heterocycles. The summed E-state index contributed by atoms with van der Waals surface area (Å²) < 4.78 is 0. The molecule has 168 valence electrons. The maximum atomic E-state index is 6.03. The lowest BCUT2D eigenvalue weighted by molar-refractivity contribution is 0.146. The van der Waals surface area contributed by atoms with E-state index < -0.39 is 0 Å². The molecule has 0 saturated heterocycles. The van der Waals surface area contributed by atoms with E-state index in [0.29, 0.717) is 23.8 Å². The summed E-state index contributed by atoms with van der Waals surface area (Å²) in [5.41, 5.74) is 10.7. The maximum absolute atomic E-state index is 6.03. The normalized spacial score (nSPS) is 32.3. The minimum absolute atomic E-state index is 0.399. The van der Waals surface area contributed by atoms with E-state index in [9.17, 15) is 0 Å². The van der Waals surface area contributed by atoms with E-state index in [1.807, 2.05) is 6.08 Å². The fraction of sp³-hybridized carbons (Fsp3) is 0.724. The van der Waals surface area contributed by atoms with E-state index in [1.54, 1.807) is 5.57 Å². The lowest BCUT2D eigenvalue weighted by Crippen LogP contribution is -2.28. The zero-order valence-corrected chi connectivity index (χ0v) is 20.1. The van der Waals surface area contributed by atoms with Gasteiger partial charge in [-0.05, 0) is 92.3 Å². The molecular formula is C29H47N. The highest BCUT2D eigenvalue weighted by Gasteiger charge is 2.46. The summed E-state index contributed by atoms with van der Waals surface area (Å²) in [5.74, 6) is 4.80. The van der Waals surface area contributed by atoms with Crippen LogP contribution in [-0.4, -0.2) is 6.54 Å². The summed E-state index contributed by atoms with van der Waals surface area (Å²) in [5, 5.41) is 0. The van der Waals surface area contributed by atoms with Gasteiger partial charge in [-0.3, -0.25) is 0 Å². The number of rotatable bonds is 12. The smallest absolute Gasteiger partial charge is 0.0109 e. The van der Waals surface area contributed by atoms with Gasteiger partial charge in [0, 0.05) is 6.54 Å². The van der Waals surface area contributed by atoms with Crippen molar-refractivity contribution in [2.45, 2.75) is 85.0 Å². The quantitative estimate of drug-likeness (QED) is 0.258. The van der Waals surface area contributed by atoms with Gasteiger partial charge in [-0.15, -0.1) is 0 Å². The van der Waals surface area contributed by atoms with Crippen LogP contribution in [0.2, 0.25) is 0 Å². The average Bonchev–Trinajstić information content (AvgIpc) is 3.42. The van der Waals surface area contributed by atoms with Gasteiger partial charge in [-0.2, -0.15) is 0 Å². The number of allylic oxidation sites excluding steroid dienone is 4. The number of nitrogens with two attached hydrogens (primary N) is 1. The Balaban J connectivity index is 1.67. The first-order valence-corrected chi connectivity index (χ1v) is 12.6. The summed E-state index contributed by atoms with van der Waals surface area (Å²) in [6.07, 6.45) is 17.5. The van der Waals surface area contributed by atoms with Crippen molar-refractivity contribution >= 4 is 0 Å². The highest BCUT2D eigenvalue weighted by atomic mass is 14.5. The van der Waals surface area contributed by atoms with E-state index in [-0.39, 0.29) is 0 Å². The summed E-state index contributed by atoms with van der Waals surface area (Å²) in [4.78, 5) is 0. The van der Waals surface area contributed by atoms with Crippen LogP contribution in [0.4, 0.5) is 0 Å². The molecule has 3 saturated carbocycles. The summed E-state index contributed by atoms with van der Waals surface area (Å²) >= 11 is 0. The Hall–Kier alpha value is -1.08. The van der Waals surface area contributed by atoms with Crippen molar-refractivity contribution in [2.24, 2.45) is 46.7 Å². The Morgan fingerprint density at radius 2 is 1.90 bits per heavy atom. The van der Waals surface area contributed by atoms with Crippen molar-refractivity contribution in [1.29, 1.82) is 0 Å². The molecule has 3 aliphatic rings. The minimum atomic E-state index is 0.399. The van der Waals surface area contributed by atoms with E-state index in [0.717, 1.165) is 36.5 Å². The van der Waals surface area contributed by atoms with Crippen molar-refractivity contribution < 1.29 is 0 Å². The molecule has 5 atom stereocenters. The van der Waals surface area contributed by atoms with Crippen LogP contribution < -0.4 is 5.73 Å². The standard InChI is InChI=1S/C29H47N/c1-7-21(4)17-29(6)18-24-15-27(19-29)28(16-24)22(5)13-25(10-11-30)26(12-20(2)3)14-23-8-9-23/h7,10,20,23-24,26-28H,1,4-5,8-9,11-19,30H2,2-3,6H3/b25-10+. The van der Waals surface area contributed by atoms with Crippen LogP contribution in [0.25, 0.3) is 0 Å². The predicted octanol–water partition coefficient (Wildman–Crippen LogP) is 7.86. The molecule has 30 heavy (non-hydrogen) atoms. The van der Waals surface area contributed by atoms with Crippen molar-refractivity contribution in [3.8, 4) is 0 Å². The van der Waals surface area contributed by atoms with Gasteiger partial charge < -0.3 is 5.73 Å². The van der Waals surface area contributed by atoms with Gasteiger partial charge in [0.2, 0.25) is 0 Å². The lowest BCUT2D eigenvalue weighted by Gasteiger charge is -2.39. The van der Waals surface area contributed by atoms with Gasteiger partial charge in [0.15, 0.2) is 0 Å². The molecule has 0 heterocycles. The average molecular weight is 410 g/mol. The molecule has 1 heteroatoms. The van der Waals surface area contributed by atoms with Gasteiger partial charge in [0.25, 0.3) is 0 Å². The molecule has 0 aromatic carbocycles. The molecule has 0 amide bonds. The van der Waals surface area contributed by atoms with Gasteiger partial charge >= 0.3 is 0 Å². The third-order valence-electron chi connectivity index (χ3n) is 8.20. The second-order valence-electron chi connectivity index (χ2n) is 11.8. The van der Waals surface area contributed by atoms with Crippen LogP contribution >= 0.6 is 0 Å².